The maximum absolute atomic E-state index is 11.7. The van der Waals surface area contributed by atoms with Crippen LogP contribution in [0, 0.1) is 5.41 Å². The minimum Gasteiger partial charge on any atom is -0.481 e. The number of carboxylic acids is 1. The summed E-state index contributed by atoms with van der Waals surface area (Å²) in [6.45, 7) is 2.84. The van der Waals surface area contributed by atoms with Crippen molar-refractivity contribution in [2.45, 2.75) is 32.6 Å². The van der Waals surface area contributed by atoms with Gasteiger partial charge in [-0.2, -0.15) is 0 Å². The molecular weight excluding hydrogens is 264 g/mol. The number of aliphatic carboxylic acids is 1. The van der Waals surface area contributed by atoms with Crippen LogP contribution < -0.4 is 16.1 Å². The number of aromatic nitrogens is 3. The molecule has 1 aliphatic heterocycles. The Morgan fingerprint density at radius 3 is 2.55 bits per heavy atom. The smallest absolute Gasteiger partial charge is 0.342 e. The van der Waals surface area contributed by atoms with E-state index in [1.807, 2.05) is 6.92 Å². The zero-order valence-corrected chi connectivity index (χ0v) is 11.3. The topological polar surface area (TPSA) is 119 Å². The number of nitrogens with zero attached hydrogens (tertiary/aromatic N) is 2. The minimum absolute atomic E-state index is 0.139. The van der Waals surface area contributed by atoms with Crippen molar-refractivity contribution in [3.8, 4) is 0 Å². The minimum atomic E-state index is -0.776. The lowest BCUT2D eigenvalue weighted by molar-refractivity contribution is -0.150. The number of aromatic amines is 2. The third-order valence-electron chi connectivity index (χ3n) is 3.90. The van der Waals surface area contributed by atoms with Crippen molar-refractivity contribution >= 4 is 11.8 Å². The lowest BCUT2D eigenvalue weighted by Gasteiger charge is -2.38. The fourth-order valence-electron chi connectivity index (χ4n) is 2.75. The van der Waals surface area contributed by atoms with Crippen molar-refractivity contribution in [1.82, 2.24) is 15.2 Å². The molecule has 8 heteroatoms. The van der Waals surface area contributed by atoms with Crippen LogP contribution in [0.15, 0.2) is 9.59 Å². The number of nitrogens with one attached hydrogen (secondary N) is 2. The third kappa shape index (κ3) is 2.59. The Hall–Kier alpha value is -2.12. The molecule has 1 aromatic rings. The highest BCUT2D eigenvalue weighted by atomic mass is 16.4. The van der Waals surface area contributed by atoms with Crippen molar-refractivity contribution in [2.24, 2.45) is 5.41 Å². The van der Waals surface area contributed by atoms with E-state index < -0.39 is 22.6 Å². The SMILES string of the molecule is CCCC1(C(=O)O)CCN(c2n[nH]c(=O)[nH]c2=O)CC1. The van der Waals surface area contributed by atoms with Gasteiger partial charge >= 0.3 is 11.7 Å². The molecule has 1 fully saturated rings. The number of rotatable bonds is 4. The predicted octanol–water partition coefficient (Wildman–Crippen LogP) is -0.0705. The summed E-state index contributed by atoms with van der Waals surface area (Å²) in [5, 5.41) is 15.3. The second-order valence-electron chi connectivity index (χ2n) is 5.15. The van der Waals surface area contributed by atoms with Gasteiger partial charge in [-0.3, -0.25) is 14.6 Å². The summed E-state index contributed by atoms with van der Waals surface area (Å²) in [5.41, 5.74) is -1.91. The van der Waals surface area contributed by atoms with Crippen LogP contribution in [-0.4, -0.2) is 39.3 Å². The molecule has 1 aliphatic rings. The van der Waals surface area contributed by atoms with E-state index in [9.17, 15) is 19.5 Å². The maximum Gasteiger partial charge on any atom is 0.342 e. The van der Waals surface area contributed by atoms with Crippen LogP contribution in [0.5, 0.6) is 0 Å². The number of piperidine rings is 1. The summed E-state index contributed by atoms with van der Waals surface area (Å²) in [6, 6.07) is 0. The first-order chi connectivity index (χ1) is 9.48. The van der Waals surface area contributed by atoms with E-state index in [4.69, 9.17) is 0 Å². The highest BCUT2D eigenvalue weighted by Crippen LogP contribution is 2.36. The second kappa shape index (κ2) is 5.48. The molecular formula is C12H18N4O4. The molecule has 0 radical (unpaired) electrons. The van der Waals surface area contributed by atoms with E-state index >= 15 is 0 Å². The van der Waals surface area contributed by atoms with Gasteiger partial charge in [0.25, 0.3) is 5.56 Å². The highest BCUT2D eigenvalue weighted by Gasteiger charge is 2.41. The van der Waals surface area contributed by atoms with Crippen LogP contribution in [0.1, 0.15) is 32.6 Å². The van der Waals surface area contributed by atoms with E-state index in [1.165, 1.54) is 0 Å². The van der Waals surface area contributed by atoms with E-state index in [2.05, 4.69) is 15.2 Å². The molecule has 0 aromatic carbocycles. The lowest BCUT2D eigenvalue weighted by atomic mass is 9.75. The van der Waals surface area contributed by atoms with Crippen molar-refractivity contribution in [1.29, 1.82) is 0 Å². The summed E-state index contributed by atoms with van der Waals surface area (Å²) in [5.74, 6) is -0.637. The number of carboxylic acid groups (broad SMARTS) is 1. The fraction of sp³-hybridized carbons (Fsp3) is 0.667. The number of hydrogen-bond acceptors (Lipinski definition) is 5. The molecule has 0 unspecified atom stereocenters. The quantitative estimate of drug-likeness (QED) is 0.711. The van der Waals surface area contributed by atoms with Gasteiger partial charge < -0.3 is 10.0 Å². The fourth-order valence-corrected chi connectivity index (χ4v) is 2.75. The Balaban J connectivity index is 2.16. The van der Waals surface area contributed by atoms with Gasteiger partial charge in [-0.25, -0.2) is 9.89 Å². The first kappa shape index (κ1) is 14.3. The Labute approximate surface area is 114 Å². The molecule has 110 valence electrons. The lowest BCUT2D eigenvalue weighted by Crippen LogP contribution is -2.46. The van der Waals surface area contributed by atoms with Gasteiger partial charge in [0.05, 0.1) is 5.41 Å². The predicted molar refractivity (Wildman–Crippen MR) is 71.9 cm³/mol. The summed E-state index contributed by atoms with van der Waals surface area (Å²) in [6.07, 6.45) is 2.38. The van der Waals surface area contributed by atoms with Crippen LogP contribution in [0.3, 0.4) is 0 Å². The van der Waals surface area contributed by atoms with E-state index in [-0.39, 0.29) is 5.82 Å². The van der Waals surface area contributed by atoms with Gasteiger partial charge in [-0.1, -0.05) is 13.3 Å². The number of hydrogen-bond donors (Lipinski definition) is 3. The second-order valence-corrected chi connectivity index (χ2v) is 5.15. The van der Waals surface area contributed by atoms with Crippen LogP contribution in [0.2, 0.25) is 0 Å². The molecule has 8 nitrogen and oxygen atoms in total. The molecule has 0 aliphatic carbocycles. The molecule has 20 heavy (non-hydrogen) atoms. The Bertz CT molecular complexity index is 598. The van der Waals surface area contributed by atoms with Gasteiger partial charge in [0.15, 0.2) is 0 Å². The van der Waals surface area contributed by atoms with Crippen LogP contribution in [-0.2, 0) is 4.79 Å². The van der Waals surface area contributed by atoms with Crippen molar-refractivity contribution < 1.29 is 9.90 Å². The number of H-pyrrole nitrogens is 2. The normalized spacial score (nSPS) is 17.9. The zero-order valence-electron chi connectivity index (χ0n) is 11.3. The average molecular weight is 282 g/mol. The molecule has 0 saturated carbocycles. The van der Waals surface area contributed by atoms with Crippen molar-refractivity contribution in [3.63, 3.8) is 0 Å². The van der Waals surface area contributed by atoms with E-state index in [0.29, 0.717) is 32.4 Å². The maximum atomic E-state index is 11.7. The third-order valence-corrected chi connectivity index (χ3v) is 3.90. The largest absolute Gasteiger partial charge is 0.481 e. The molecule has 1 saturated heterocycles. The highest BCUT2D eigenvalue weighted by molar-refractivity contribution is 5.75. The Morgan fingerprint density at radius 1 is 1.40 bits per heavy atom. The van der Waals surface area contributed by atoms with Gasteiger partial charge in [0.2, 0.25) is 5.82 Å². The number of anilines is 1. The molecule has 0 spiro atoms. The van der Waals surface area contributed by atoms with Gasteiger partial charge in [0, 0.05) is 13.1 Å². The van der Waals surface area contributed by atoms with Crippen molar-refractivity contribution in [3.05, 3.63) is 20.8 Å². The Morgan fingerprint density at radius 2 is 2.05 bits per heavy atom. The monoisotopic (exact) mass is 282 g/mol. The van der Waals surface area contributed by atoms with Gasteiger partial charge in [0.1, 0.15) is 0 Å². The molecule has 3 N–H and O–H groups in total. The first-order valence-electron chi connectivity index (χ1n) is 6.66. The molecule has 1 aromatic heterocycles. The van der Waals surface area contributed by atoms with Crippen LogP contribution >= 0.6 is 0 Å². The molecule has 2 heterocycles. The first-order valence-corrected chi connectivity index (χ1v) is 6.66. The van der Waals surface area contributed by atoms with E-state index in [0.717, 1.165) is 6.42 Å². The number of carbonyl (C=O) groups is 1. The molecule has 0 atom stereocenters. The molecule has 2 rings (SSSR count). The summed E-state index contributed by atoms with van der Waals surface area (Å²) >= 11 is 0. The summed E-state index contributed by atoms with van der Waals surface area (Å²) in [7, 11) is 0. The van der Waals surface area contributed by atoms with E-state index in [1.54, 1.807) is 4.90 Å². The van der Waals surface area contributed by atoms with Gasteiger partial charge in [-0.15, -0.1) is 5.10 Å². The summed E-state index contributed by atoms with van der Waals surface area (Å²) < 4.78 is 0. The molecule has 0 bridgehead atoms. The molecule has 0 amide bonds. The summed E-state index contributed by atoms with van der Waals surface area (Å²) in [4.78, 5) is 37.9. The van der Waals surface area contributed by atoms with Crippen LogP contribution in [0.4, 0.5) is 5.82 Å². The Kier molecular flexibility index (Phi) is 3.91. The standard InChI is InChI=1S/C12H18N4O4/c1-2-3-12(10(18)19)4-6-16(7-5-12)8-9(17)13-11(20)15-14-8/h2-7H2,1H3,(H,18,19)(H2,13,15,17,20). The zero-order chi connectivity index (χ0) is 14.8. The van der Waals surface area contributed by atoms with Crippen molar-refractivity contribution in [2.75, 3.05) is 18.0 Å². The average Bonchev–Trinajstić information content (AvgIpc) is 2.40. The van der Waals surface area contributed by atoms with Gasteiger partial charge in [-0.05, 0) is 19.3 Å². The van der Waals surface area contributed by atoms with Crippen LogP contribution in [0.25, 0.3) is 0 Å².